The maximum Gasteiger partial charge on any atom is 0.258 e. The summed E-state index contributed by atoms with van der Waals surface area (Å²) in [5.41, 5.74) is 3.09. The van der Waals surface area contributed by atoms with Gasteiger partial charge >= 0.3 is 0 Å². The lowest BCUT2D eigenvalue weighted by Crippen LogP contribution is -2.30. The molecule has 0 atom stereocenters. The number of rotatable bonds is 5. The van der Waals surface area contributed by atoms with Gasteiger partial charge in [-0.25, -0.2) is 5.84 Å². The summed E-state index contributed by atoms with van der Waals surface area (Å²) in [6.45, 7) is 0.595. The van der Waals surface area contributed by atoms with Crippen LogP contribution < -0.4 is 11.3 Å². The second kappa shape index (κ2) is 7.24. The minimum atomic E-state index is -0.500. The van der Waals surface area contributed by atoms with Gasteiger partial charge in [0.25, 0.3) is 5.91 Å². The molecule has 0 saturated heterocycles. The van der Waals surface area contributed by atoms with E-state index in [1.807, 2.05) is 35.8 Å². The minimum Gasteiger partial charge on any atom is -0.342 e. The lowest BCUT2D eigenvalue weighted by Gasteiger charge is -2.14. The summed E-state index contributed by atoms with van der Waals surface area (Å²) in [7, 11) is 1.69. The number of carbonyl (C=O) groups excluding carboxylic acids is 2. The van der Waals surface area contributed by atoms with E-state index in [9.17, 15) is 9.59 Å². The number of benzene rings is 1. The smallest absolute Gasteiger partial charge is 0.258 e. The second-order valence-corrected chi connectivity index (χ2v) is 3.84. The Morgan fingerprint density at radius 1 is 1.28 bits per heavy atom. The molecule has 1 aromatic carbocycles. The van der Waals surface area contributed by atoms with E-state index in [4.69, 9.17) is 5.84 Å². The summed E-state index contributed by atoms with van der Waals surface area (Å²) in [5, 5.41) is 0. The molecule has 3 N–H and O–H groups in total. The van der Waals surface area contributed by atoms with Gasteiger partial charge in [0.1, 0.15) is 0 Å². The van der Waals surface area contributed by atoms with Crippen molar-refractivity contribution in [1.29, 1.82) is 0 Å². The van der Waals surface area contributed by atoms with Gasteiger partial charge in [-0.15, -0.1) is 0 Å². The molecule has 0 fully saturated rings. The Balaban J connectivity index is 2.41. The highest BCUT2D eigenvalue weighted by Crippen LogP contribution is 2.00. The van der Waals surface area contributed by atoms with Crippen molar-refractivity contribution in [3.05, 3.63) is 48.0 Å². The highest BCUT2D eigenvalue weighted by atomic mass is 16.2. The van der Waals surface area contributed by atoms with E-state index in [0.717, 1.165) is 12.5 Å². The van der Waals surface area contributed by atoms with Gasteiger partial charge in [-0.1, -0.05) is 30.3 Å². The van der Waals surface area contributed by atoms with Crippen molar-refractivity contribution < 1.29 is 9.59 Å². The van der Waals surface area contributed by atoms with Crippen molar-refractivity contribution in [1.82, 2.24) is 10.3 Å². The van der Waals surface area contributed by atoms with Crippen LogP contribution in [0.15, 0.2) is 42.5 Å². The van der Waals surface area contributed by atoms with Gasteiger partial charge in [-0.05, 0) is 12.0 Å². The molecule has 96 valence electrons. The van der Waals surface area contributed by atoms with Crippen molar-refractivity contribution in [2.45, 2.75) is 6.42 Å². The van der Waals surface area contributed by atoms with E-state index in [-0.39, 0.29) is 5.91 Å². The number of hydrazine groups is 1. The molecule has 0 saturated carbocycles. The van der Waals surface area contributed by atoms with Gasteiger partial charge in [0.05, 0.1) is 0 Å². The number of amides is 2. The number of nitrogens with zero attached hydrogens (tertiary/aromatic N) is 1. The number of carbonyl (C=O) groups is 2. The molecule has 0 heterocycles. The molecule has 0 unspecified atom stereocenters. The van der Waals surface area contributed by atoms with Crippen LogP contribution in [-0.4, -0.2) is 30.3 Å². The van der Waals surface area contributed by atoms with Crippen LogP contribution in [-0.2, 0) is 16.0 Å². The fraction of sp³-hybridized carbons (Fsp3) is 0.231. The minimum absolute atomic E-state index is 0.227. The first-order valence-corrected chi connectivity index (χ1v) is 5.61. The molecule has 0 bridgehead atoms. The van der Waals surface area contributed by atoms with Crippen LogP contribution in [0.4, 0.5) is 0 Å². The fourth-order valence-electron chi connectivity index (χ4n) is 1.37. The summed E-state index contributed by atoms with van der Waals surface area (Å²) in [5.74, 6) is 4.17. The van der Waals surface area contributed by atoms with E-state index in [0.29, 0.717) is 6.54 Å². The first kappa shape index (κ1) is 13.9. The average molecular weight is 247 g/mol. The van der Waals surface area contributed by atoms with E-state index in [1.165, 1.54) is 11.6 Å². The Bertz CT molecular complexity index is 429. The zero-order valence-corrected chi connectivity index (χ0v) is 10.3. The number of hydrogen-bond acceptors (Lipinski definition) is 3. The summed E-state index contributed by atoms with van der Waals surface area (Å²) in [4.78, 5) is 24.0. The van der Waals surface area contributed by atoms with Crippen LogP contribution >= 0.6 is 0 Å². The van der Waals surface area contributed by atoms with E-state index in [1.54, 1.807) is 11.9 Å². The van der Waals surface area contributed by atoms with Gasteiger partial charge in [0.2, 0.25) is 5.91 Å². The molecule has 5 heteroatoms. The zero-order chi connectivity index (χ0) is 13.4. The molecule has 2 amide bonds. The van der Waals surface area contributed by atoms with Crippen LogP contribution in [0.25, 0.3) is 0 Å². The average Bonchev–Trinajstić information content (AvgIpc) is 2.42. The predicted molar refractivity (Wildman–Crippen MR) is 69.3 cm³/mol. The highest BCUT2D eigenvalue weighted by Gasteiger charge is 2.05. The van der Waals surface area contributed by atoms with Crippen LogP contribution in [0.5, 0.6) is 0 Å². The number of hydrogen-bond donors (Lipinski definition) is 2. The fourth-order valence-corrected chi connectivity index (χ4v) is 1.37. The predicted octanol–water partition coefficient (Wildman–Crippen LogP) is 0.234. The molecule has 5 nitrogen and oxygen atoms in total. The van der Waals surface area contributed by atoms with Crippen molar-refractivity contribution >= 4 is 11.8 Å². The van der Waals surface area contributed by atoms with Crippen molar-refractivity contribution in [2.75, 3.05) is 13.6 Å². The number of nitrogens with two attached hydrogens (primary N) is 1. The maximum atomic E-state index is 11.6. The molecular weight excluding hydrogens is 230 g/mol. The van der Waals surface area contributed by atoms with Crippen LogP contribution in [0.3, 0.4) is 0 Å². The third-order valence-corrected chi connectivity index (χ3v) is 2.47. The number of likely N-dealkylation sites (N-methyl/N-ethyl adjacent to an activating group) is 1. The summed E-state index contributed by atoms with van der Waals surface area (Å²) >= 11 is 0. The molecular formula is C13H17N3O2. The van der Waals surface area contributed by atoms with E-state index >= 15 is 0 Å². The Labute approximate surface area is 106 Å². The molecule has 0 spiro atoms. The lowest BCUT2D eigenvalue weighted by atomic mass is 10.1. The first-order valence-electron chi connectivity index (χ1n) is 5.61. The third-order valence-electron chi connectivity index (χ3n) is 2.47. The monoisotopic (exact) mass is 247 g/mol. The molecule has 0 aliphatic heterocycles. The Morgan fingerprint density at radius 3 is 2.56 bits per heavy atom. The van der Waals surface area contributed by atoms with Crippen molar-refractivity contribution in [3.8, 4) is 0 Å². The molecule has 0 aliphatic carbocycles. The molecule has 18 heavy (non-hydrogen) atoms. The standard InChI is InChI=1S/C13H17N3O2/c1-16(13(18)8-7-12(17)15-14)10-9-11-5-3-2-4-6-11/h2-8H,9-10,14H2,1H3,(H,15,17). The molecule has 1 aromatic rings. The summed E-state index contributed by atoms with van der Waals surface area (Å²) < 4.78 is 0. The Kier molecular flexibility index (Phi) is 5.60. The summed E-state index contributed by atoms with van der Waals surface area (Å²) in [6, 6.07) is 9.89. The van der Waals surface area contributed by atoms with Crippen LogP contribution in [0.2, 0.25) is 0 Å². The van der Waals surface area contributed by atoms with Crippen molar-refractivity contribution in [3.63, 3.8) is 0 Å². The van der Waals surface area contributed by atoms with Gasteiger partial charge < -0.3 is 4.90 Å². The normalized spacial score (nSPS) is 10.3. The first-order chi connectivity index (χ1) is 8.63. The van der Waals surface area contributed by atoms with Crippen LogP contribution in [0, 0.1) is 0 Å². The molecule has 0 radical (unpaired) electrons. The topological polar surface area (TPSA) is 75.4 Å². The van der Waals surface area contributed by atoms with Gasteiger partial charge in [0, 0.05) is 25.7 Å². The lowest BCUT2D eigenvalue weighted by molar-refractivity contribution is -0.125. The van der Waals surface area contributed by atoms with Gasteiger partial charge in [-0.2, -0.15) is 0 Å². The van der Waals surface area contributed by atoms with E-state index < -0.39 is 5.91 Å². The summed E-state index contributed by atoms with van der Waals surface area (Å²) in [6.07, 6.45) is 3.09. The largest absolute Gasteiger partial charge is 0.342 e. The van der Waals surface area contributed by atoms with Crippen LogP contribution in [0.1, 0.15) is 5.56 Å². The highest BCUT2D eigenvalue weighted by molar-refractivity contribution is 5.96. The molecule has 1 rings (SSSR count). The quantitative estimate of drug-likeness (QED) is 0.338. The third kappa shape index (κ3) is 4.80. The van der Waals surface area contributed by atoms with Gasteiger partial charge in [-0.3, -0.25) is 15.0 Å². The molecule has 0 aliphatic rings. The van der Waals surface area contributed by atoms with Gasteiger partial charge in [0.15, 0.2) is 0 Å². The Morgan fingerprint density at radius 2 is 1.94 bits per heavy atom. The zero-order valence-electron chi connectivity index (χ0n) is 10.3. The molecule has 0 aromatic heterocycles. The van der Waals surface area contributed by atoms with Crippen molar-refractivity contribution in [2.24, 2.45) is 5.84 Å². The maximum absolute atomic E-state index is 11.6. The van der Waals surface area contributed by atoms with E-state index in [2.05, 4.69) is 0 Å². The SMILES string of the molecule is CN(CCc1ccccc1)C(=O)C=CC(=O)NN. The number of nitrogens with one attached hydrogen (secondary N) is 1. The Hall–Kier alpha value is -2.14. The second-order valence-electron chi connectivity index (χ2n) is 3.84.